The highest BCUT2D eigenvalue weighted by atomic mass is 32.2. The van der Waals surface area contributed by atoms with Gasteiger partial charge < -0.3 is 5.32 Å². The predicted octanol–water partition coefficient (Wildman–Crippen LogP) is 1.87. The number of aryl methyl sites for hydroxylation is 1. The fraction of sp³-hybridized carbons (Fsp3) is 0.308. The van der Waals surface area contributed by atoms with E-state index in [0.29, 0.717) is 6.42 Å². The SMILES string of the molecule is CS(=O)(=O)Nc1nnc(NC(=O)CCCc2ccccc2)s1. The van der Waals surface area contributed by atoms with Crippen molar-refractivity contribution in [3.8, 4) is 0 Å². The van der Waals surface area contributed by atoms with Crippen LogP contribution in [0.5, 0.6) is 0 Å². The average Bonchev–Trinajstić information content (AvgIpc) is 2.84. The Labute approximate surface area is 132 Å². The van der Waals surface area contributed by atoms with Gasteiger partial charge in [-0.15, -0.1) is 10.2 Å². The molecule has 118 valence electrons. The molecule has 0 saturated carbocycles. The fourth-order valence-corrected chi connectivity index (χ4v) is 3.24. The normalized spacial score (nSPS) is 11.1. The first-order valence-corrected chi connectivity index (χ1v) is 9.28. The summed E-state index contributed by atoms with van der Waals surface area (Å²) in [4.78, 5) is 11.8. The van der Waals surface area contributed by atoms with E-state index in [-0.39, 0.29) is 16.2 Å². The number of aromatic nitrogens is 2. The summed E-state index contributed by atoms with van der Waals surface area (Å²) in [5.74, 6) is -0.169. The number of benzene rings is 1. The van der Waals surface area contributed by atoms with Crippen LogP contribution in [0.15, 0.2) is 30.3 Å². The Morgan fingerprint density at radius 3 is 2.55 bits per heavy atom. The van der Waals surface area contributed by atoms with Gasteiger partial charge in [0.2, 0.25) is 26.2 Å². The van der Waals surface area contributed by atoms with Crippen molar-refractivity contribution >= 4 is 37.5 Å². The van der Waals surface area contributed by atoms with Crippen molar-refractivity contribution in [3.05, 3.63) is 35.9 Å². The van der Waals surface area contributed by atoms with Gasteiger partial charge in [0.25, 0.3) is 0 Å². The van der Waals surface area contributed by atoms with Crippen LogP contribution in [0.25, 0.3) is 0 Å². The number of anilines is 2. The molecule has 9 heteroatoms. The fourth-order valence-electron chi connectivity index (χ4n) is 1.75. The van der Waals surface area contributed by atoms with Crippen LogP contribution < -0.4 is 10.0 Å². The number of amides is 1. The highest BCUT2D eigenvalue weighted by molar-refractivity contribution is 7.92. The molecule has 0 radical (unpaired) electrons. The van der Waals surface area contributed by atoms with Gasteiger partial charge in [-0.1, -0.05) is 41.7 Å². The van der Waals surface area contributed by atoms with Gasteiger partial charge in [-0.25, -0.2) is 8.42 Å². The summed E-state index contributed by atoms with van der Waals surface area (Å²) < 4.78 is 24.3. The molecule has 1 aromatic carbocycles. The highest BCUT2D eigenvalue weighted by Crippen LogP contribution is 2.20. The van der Waals surface area contributed by atoms with Crippen LogP contribution >= 0.6 is 11.3 Å². The van der Waals surface area contributed by atoms with Crippen LogP contribution in [0.4, 0.5) is 10.3 Å². The molecular formula is C13H16N4O3S2. The number of hydrogen-bond acceptors (Lipinski definition) is 6. The first-order valence-electron chi connectivity index (χ1n) is 6.57. The van der Waals surface area contributed by atoms with Gasteiger partial charge in [-0.2, -0.15) is 0 Å². The molecule has 1 aromatic heterocycles. The summed E-state index contributed by atoms with van der Waals surface area (Å²) in [6.45, 7) is 0. The summed E-state index contributed by atoms with van der Waals surface area (Å²) in [5, 5.41) is 10.4. The molecule has 0 aliphatic carbocycles. The lowest BCUT2D eigenvalue weighted by Gasteiger charge is -2.02. The van der Waals surface area contributed by atoms with Crippen molar-refractivity contribution in [1.29, 1.82) is 0 Å². The minimum absolute atomic E-state index is 0.127. The molecule has 1 heterocycles. The lowest BCUT2D eigenvalue weighted by atomic mass is 10.1. The number of hydrogen-bond donors (Lipinski definition) is 2. The monoisotopic (exact) mass is 340 g/mol. The minimum atomic E-state index is -3.39. The molecule has 22 heavy (non-hydrogen) atoms. The maximum Gasteiger partial charge on any atom is 0.231 e. The number of carbonyl (C=O) groups is 1. The van der Waals surface area contributed by atoms with Gasteiger partial charge in [0, 0.05) is 6.42 Å². The Morgan fingerprint density at radius 2 is 1.86 bits per heavy atom. The van der Waals surface area contributed by atoms with E-state index in [9.17, 15) is 13.2 Å². The molecule has 0 saturated heterocycles. The van der Waals surface area contributed by atoms with Crippen molar-refractivity contribution in [3.63, 3.8) is 0 Å². The molecule has 0 bridgehead atoms. The average molecular weight is 340 g/mol. The largest absolute Gasteiger partial charge is 0.300 e. The molecule has 0 aliphatic heterocycles. The Hall–Kier alpha value is -2.00. The molecule has 1 amide bonds. The Balaban J connectivity index is 1.77. The van der Waals surface area contributed by atoms with Gasteiger partial charge in [0.05, 0.1) is 6.26 Å². The summed E-state index contributed by atoms with van der Waals surface area (Å²) in [7, 11) is -3.39. The van der Waals surface area contributed by atoms with Crippen molar-refractivity contribution in [2.75, 3.05) is 16.3 Å². The second-order valence-electron chi connectivity index (χ2n) is 4.67. The van der Waals surface area contributed by atoms with Gasteiger partial charge in [0.15, 0.2) is 0 Å². The van der Waals surface area contributed by atoms with Crippen LogP contribution in [-0.4, -0.2) is 30.8 Å². The van der Waals surface area contributed by atoms with Gasteiger partial charge in [-0.3, -0.25) is 9.52 Å². The number of carbonyl (C=O) groups excluding carboxylic acids is 1. The maximum absolute atomic E-state index is 11.8. The number of nitrogens with one attached hydrogen (secondary N) is 2. The third-order valence-corrected chi connectivity index (χ3v) is 4.10. The maximum atomic E-state index is 11.8. The van der Waals surface area contributed by atoms with E-state index in [0.717, 1.165) is 30.4 Å². The molecule has 7 nitrogen and oxygen atoms in total. The molecule has 2 rings (SSSR count). The Kier molecular flexibility index (Phi) is 5.45. The second-order valence-corrected chi connectivity index (χ2v) is 7.40. The van der Waals surface area contributed by atoms with E-state index in [1.165, 1.54) is 5.56 Å². The van der Waals surface area contributed by atoms with Crippen LogP contribution in [0.3, 0.4) is 0 Å². The Morgan fingerprint density at radius 1 is 1.18 bits per heavy atom. The van der Waals surface area contributed by atoms with Crippen molar-refractivity contribution in [1.82, 2.24) is 10.2 Å². The third kappa shape index (κ3) is 5.78. The van der Waals surface area contributed by atoms with Gasteiger partial charge in [-0.05, 0) is 18.4 Å². The van der Waals surface area contributed by atoms with Crippen molar-refractivity contribution < 1.29 is 13.2 Å². The number of nitrogens with zero attached hydrogens (tertiary/aromatic N) is 2. The molecule has 0 aliphatic rings. The molecule has 0 unspecified atom stereocenters. The van der Waals surface area contributed by atoms with E-state index in [1.54, 1.807) is 0 Å². The molecule has 0 spiro atoms. The van der Waals surface area contributed by atoms with Crippen molar-refractivity contribution in [2.45, 2.75) is 19.3 Å². The third-order valence-electron chi connectivity index (χ3n) is 2.66. The molecule has 0 fully saturated rings. The quantitative estimate of drug-likeness (QED) is 0.801. The zero-order chi connectivity index (χ0) is 16.0. The van der Waals surface area contributed by atoms with Crippen LogP contribution in [0.2, 0.25) is 0 Å². The summed E-state index contributed by atoms with van der Waals surface area (Å²) in [5.41, 5.74) is 1.19. The first kappa shape index (κ1) is 16.4. The summed E-state index contributed by atoms with van der Waals surface area (Å²) in [6, 6.07) is 9.92. The van der Waals surface area contributed by atoms with Gasteiger partial charge in [0.1, 0.15) is 0 Å². The lowest BCUT2D eigenvalue weighted by molar-refractivity contribution is -0.116. The van der Waals surface area contributed by atoms with Gasteiger partial charge >= 0.3 is 0 Å². The van der Waals surface area contributed by atoms with E-state index < -0.39 is 10.0 Å². The van der Waals surface area contributed by atoms with Crippen LogP contribution in [-0.2, 0) is 21.2 Å². The standard InChI is InChI=1S/C13H16N4O3S2/c1-22(19,20)17-13-16-15-12(21-13)14-11(18)9-5-8-10-6-3-2-4-7-10/h2-4,6-7H,5,8-9H2,1H3,(H,16,17)(H,14,15,18). The molecule has 2 aromatic rings. The lowest BCUT2D eigenvalue weighted by Crippen LogP contribution is -2.11. The summed E-state index contributed by atoms with van der Waals surface area (Å²) >= 11 is 0.973. The first-order chi connectivity index (χ1) is 10.4. The second kappa shape index (κ2) is 7.32. The minimum Gasteiger partial charge on any atom is -0.300 e. The predicted molar refractivity (Wildman–Crippen MR) is 86.4 cm³/mol. The summed E-state index contributed by atoms with van der Waals surface area (Å²) in [6.07, 6.45) is 2.94. The zero-order valence-electron chi connectivity index (χ0n) is 11.9. The molecule has 2 N–H and O–H groups in total. The molecule has 0 atom stereocenters. The van der Waals surface area contributed by atoms with E-state index >= 15 is 0 Å². The topological polar surface area (TPSA) is 101 Å². The number of sulfonamides is 1. The van der Waals surface area contributed by atoms with Crippen LogP contribution in [0.1, 0.15) is 18.4 Å². The Bertz CT molecular complexity index is 729. The smallest absolute Gasteiger partial charge is 0.231 e. The van der Waals surface area contributed by atoms with Crippen LogP contribution in [0, 0.1) is 0 Å². The molecular weight excluding hydrogens is 324 g/mol. The van der Waals surface area contributed by atoms with E-state index in [1.807, 2.05) is 30.3 Å². The zero-order valence-corrected chi connectivity index (χ0v) is 13.6. The highest BCUT2D eigenvalue weighted by Gasteiger charge is 2.10. The van der Waals surface area contributed by atoms with E-state index in [4.69, 9.17) is 0 Å². The van der Waals surface area contributed by atoms with Crippen molar-refractivity contribution in [2.24, 2.45) is 0 Å². The van der Waals surface area contributed by atoms with E-state index in [2.05, 4.69) is 20.2 Å². The number of rotatable bonds is 7.